The van der Waals surface area contributed by atoms with E-state index in [2.05, 4.69) is 10.3 Å². The van der Waals surface area contributed by atoms with Gasteiger partial charge in [0.15, 0.2) is 5.69 Å². The number of aromatic carboxylic acids is 1. The Balaban J connectivity index is 2.61. The second kappa shape index (κ2) is 4.17. The number of aromatic nitrogens is 3. The Morgan fingerprint density at radius 3 is 2.67 bits per heavy atom. The van der Waals surface area contributed by atoms with E-state index in [0.717, 1.165) is 10.9 Å². The Labute approximate surface area is 82.9 Å². The van der Waals surface area contributed by atoms with Gasteiger partial charge in [-0.25, -0.2) is 14.3 Å². The first-order chi connectivity index (χ1) is 6.99. The van der Waals surface area contributed by atoms with Crippen LogP contribution in [-0.2, 0) is 11.3 Å². The molecule has 0 atom stereocenters. The van der Waals surface area contributed by atoms with Gasteiger partial charge >= 0.3 is 12.0 Å². The number of carbonyl (C=O) groups is 3. The molecule has 3 amide bonds. The standard InChI is InChI=1S/C6H7N5O4/c7-6(15)8-4(12)2-11-1-3(5(13)14)9-10-11/h1H,2H2,(H,13,14)(H3,7,8,12,15). The number of rotatable bonds is 3. The van der Waals surface area contributed by atoms with E-state index in [1.807, 2.05) is 0 Å². The zero-order chi connectivity index (χ0) is 11.4. The number of nitrogens with two attached hydrogens (primary N) is 1. The van der Waals surface area contributed by atoms with Gasteiger partial charge in [-0.1, -0.05) is 5.21 Å². The van der Waals surface area contributed by atoms with E-state index >= 15 is 0 Å². The van der Waals surface area contributed by atoms with Crippen LogP contribution in [0.4, 0.5) is 4.79 Å². The average Bonchev–Trinajstić information content (AvgIpc) is 2.50. The monoisotopic (exact) mass is 213 g/mol. The molecule has 1 heterocycles. The maximum absolute atomic E-state index is 11.0. The molecule has 1 aromatic rings. The van der Waals surface area contributed by atoms with Crippen LogP contribution >= 0.6 is 0 Å². The fraction of sp³-hybridized carbons (Fsp3) is 0.167. The van der Waals surface area contributed by atoms with E-state index in [1.54, 1.807) is 5.32 Å². The number of carbonyl (C=O) groups excluding carboxylic acids is 2. The van der Waals surface area contributed by atoms with Crippen molar-refractivity contribution in [2.24, 2.45) is 5.73 Å². The predicted molar refractivity (Wildman–Crippen MR) is 44.7 cm³/mol. The molecule has 0 saturated heterocycles. The molecular weight excluding hydrogens is 206 g/mol. The lowest BCUT2D eigenvalue weighted by Gasteiger charge is -1.98. The molecule has 0 aromatic carbocycles. The van der Waals surface area contributed by atoms with Crippen molar-refractivity contribution < 1.29 is 19.5 Å². The second-order valence-corrected chi connectivity index (χ2v) is 2.52. The van der Waals surface area contributed by atoms with Crippen LogP contribution in [0.25, 0.3) is 0 Å². The normalized spacial score (nSPS) is 9.60. The minimum absolute atomic E-state index is 0.290. The number of amides is 3. The van der Waals surface area contributed by atoms with Crippen LogP contribution in [0.2, 0.25) is 0 Å². The highest BCUT2D eigenvalue weighted by molar-refractivity contribution is 5.93. The number of primary amides is 1. The van der Waals surface area contributed by atoms with Gasteiger partial charge in [0, 0.05) is 0 Å². The molecule has 0 bridgehead atoms. The second-order valence-electron chi connectivity index (χ2n) is 2.52. The number of urea groups is 1. The van der Waals surface area contributed by atoms with Crippen molar-refractivity contribution in [3.63, 3.8) is 0 Å². The van der Waals surface area contributed by atoms with Crippen LogP contribution < -0.4 is 11.1 Å². The summed E-state index contributed by atoms with van der Waals surface area (Å²) in [6.07, 6.45) is 1.06. The number of nitrogens with zero attached hydrogens (tertiary/aromatic N) is 3. The summed E-state index contributed by atoms with van der Waals surface area (Å²) >= 11 is 0. The molecule has 0 aliphatic heterocycles. The SMILES string of the molecule is NC(=O)NC(=O)Cn1cc(C(=O)O)nn1. The summed E-state index contributed by atoms with van der Waals surface area (Å²) in [6.45, 7) is -0.330. The average molecular weight is 213 g/mol. The van der Waals surface area contributed by atoms with Crippen LogP contribution in [-0.4, -0.2) is 38.0 Å². The molecule has 0 aliphatic rings. The van der Waals surface area contributed by atoms with Crippen LogP contribution in [0.15, 0.2) is 6.20 Å². The zero-order valence-electron chi connectivity index (χ0n) is 7.38. The summed E-state index contributed by atoms with van der Waals surface area (Å²) in [5.41, 5.74) is 4.40. The Kier molecular flexibility index (Phi) is 2.96. The van der Waals surface area contributed by atoms with E-state index in [0.29, 0.717) is 0 Å². The highest BCUT2D eigenvalue weighted by Gasteiger charge is 2.11. The van der Waals surface area contributed by atoms with Gasteiger partial charge in [0.25, 0.3) is 0 Å². The number of hydrogen-bond donors (Lipinski definition) is 3. The molecule has 1 aromatic heterocycles. The van der Waals surface area contributed by atoms with Crippen LogP contribution in [0.5, 0.6) is 0 Å². The van der Waals surface area contributed by atoms with Gasteiger partial charge in [-0.2, -0.15) is 0 Å². The van der Waals surface area contributed by atoms with E-state index < -0.39 is 17.9 Å². The summed E-state index contributed by atoms with van der Waals surface area (Å²) in [4.78, 5) is 31.6. The number of carboxylic acids is 1. The minimum atomic E-state index is -1.25. The summed E-state index contributed by atoms with van der Waals surface area (Å²) in [6, 6.07) is -0.987. The van der Waals surface area contributed by atoms with Crippen molar-refractivity contribution in [3.05, 3.63) is 11.9 Å². The fourth-order valence-corrected chi connectivity index (χ4v) is 0.798. The Bertz CT molecular complexity index is 411. The van der Waals surface area contributed by atoms with E-state index in [-0.39, 0.29) is 12.2 Å². The lowest BCUT2D eigenvalue weighted by atomic mass is 10.5. The third-order valence-electron chi connectivity index (χ3n) is 1.33. The molecule has 80 valence electrons. The predicted octanol–water partition coefficient (Wildman–Crippen LogP) is -1.83. The van der Waals surface area contributed by atoms with Gasteiger partial charge in [0.05, 0.1) is 6.20 Å². The fourth-order valence-electron chi connectivity index (χ4n) is 0.798. The number of hydrogen-bond acceptors (Lipinski definition) is 5. The molecule has 9 heteroatoms. The van der Waals surface area contributed by atoms with E-state index in [9.17, 15) is 14.4 Å². The summed E-state index contributed by atoms with van der Waals surface area (Å²) < 4.78 is 0.974. The maximum Gasteiger partial charge on any atom is 0.358 e. The molecule has 1 rings (SSSR count). The van der Waals surface area contributed by atoms with Crippen molar-refractivity contribution in [3.8, 4) is 0 Å². The lowest BCUT2D eigenvalue weighted by Crippen LogP contribution is -2.37. The summed E-state index contributed by atoms with van der Waals surface area (Å²) in [7, 11) is 0. The Hall–Kier alpha value is -2.45. The van der Waals surface area contributed by atoms with E-state index in [1.165, 1.54) is 0 Å². The van der Waals surface area contributed by atoms with Crippen molar-refractivity contribution in [1.82, 2.24) is 20.3 Å². The zero-order valence-corrected chi connectivity index (χ0v) is 7.38. The Morgan fingerprint density at radius 1 is 1.53 bits per heavy atom. The topological polar surface area (TPSA) is 140 Å². The number of imide groups is 1. The first-order valence-electron chi connectivity index (χ1n) is 3.71. The molecule has 0 spiro atoms. The lowest BCUT2D eigenvalue weighted by molar-refractivity contribution is -0.120. The molecule has 0 fully saturated rings. The van der Waals surface area contributed by atoms with Crippen LogP contribution in [0, 0.1) is 0 Å². The molecule has 0 saturated carbocycles. The van der Waals surface area contributed by atoms with Gasteiger partial charge < -0.3 is 10.8 Å². The smallest absolute Gasteiger partial charge is 0.358 e. The van der Waals surface area contributed by atoms with Crippen molar-refractivity contribution >= 4 is 17.9 Å². The molecule has 0 radical (unpaired) electrons. The highest BCUT2D eigenvalue weighted by atomic mass is 16.4. The third kappa shape index (κ3) is 3.06. The molecule has 15 heavy (non-hydrogen) atoms. The number of carboxylic acid groups (broad SMARTS) is 1. The van der Waals surface area contributed by atoms with Crippen LogP contribution in [0.3, 0.4) is 0 Å². The van der Waals surface area contributed by atoms with E-state index in [4.69, 9.17) is 10.8 Å². The van der Waals surface area contributed by atoms with Gasteiger partial charge in [0.1, 0.15) is 6.54 Å². The number of nitrogens with one attached hydrogen (secondary N) is 1. The quantitative estimate of drug-likeness (QED) is 0.539. The maximum atomic E-state index is 11.0. The summed E-state index contributed by atoms with van der Waals surface area (Å²) in [5, 5.41) is 16.9. The van der Waals surface area contributed by atoms with Gasteiger partial charge in [0.2, 0.25) is 5.91 Å². The van der Waals surface area contributed by atoms with Crippen molar-refractivity contribution in [2.75, 3.05) is 0 Å². The molecule has 9 nitrogen and oxygen atoms in total. The first kappa shape index (κ1) is 10.6. The Morgan fingerprint density at radius 2 is 2.20 bits per heavy atom. The minimum Gasteiger partial charge on any atom is -0.476 e. The van der Waals surface area contributed by atoms with Gasteiger partial charge in [-0.05, 0) is 0 Å². The molecular formula is C6H7N5O4. The van der Waals surface area contributed by atoms with Crippen molar-refractivity contribution in [1.29, 1.82) is 0 Å². The molecule has 0 unspecified atom stereocenters. The largest absolute Gasteiger partial charge is 0.476 e. The summed E-state index contributed by atoms with van der Waals surface area (Å²) in [5.74, 6) is -1.96. The molecule has 4 N–H and O–H groups in total. The van der Waals surface area contributed by atoms with Gasteiger partial charge in [-0.3, -0.25) is 10.1 Å². The first-order valence-corrected chi connectivity index (χ1v) is 3.71. The van der Waals surface area contributed by atoms with Crippen molar-refractivity contribution in [2.45, 2.75) is 6.54 Å². The van der Waals surface area contributed by atoms with Crippen LogP contribution in [0.1, 0.15) is 10.5 Å². The molecule has 0 aliphatic carbocycles. The highest BCUT2D eigenvalue weighted by Crippen LogP contribution is 1.92. The van der Waals surface area contributed by atoms with Gasteiger partial charge in [-0.15, -0.1) is 5.10 Å². The third-order valence-corrected chi connectivity index (χ3v) is 1.33.